The van der Waals surface area contributed by atoms with Crippen LogP contribution in [0.1, 0.15) is 28.6 Å². The van der Waals surface area contributed by atoms with Crippen LogP contribution in [0.2, 0.25) is 0 Å². The lowest BCUT2D eigenvalue weighted by Gasteiger charge is -2.15. The molecule has 1 atom stereocenters. The number of fused-ring (bicyclic) bond motifs is 1. The van der Waals surface area contributed by atoms with E-state index in [0.717, 1.165) is 4.68 Å². The van der Waals surface area contributed by atoms with Gasteiger partial charge in [-0.05, 0) is 6.42 Å². The molecule has 0 saturated carbocycles. The molecule has 0 spiro atoms. The minimum atomic E-state index is -4.91. The van der Waals surface area contributed by atoms with Gasteiger partial charge < -0.3 is 9.63 Å². The first-order valence-electron chi connectivity index (χ1n) is 6.31. The van der Waals surface area contributed by atoms with Gasteiger partial charge in [-0.25, -0.2) is 8.78 Å². The number of alkyl halides is 5. The summed E-state index contributed by atoms with van der Waals surface area (Å²) in [6.07, 6.45) is -5.49. The largest absolute Gasteiger partial charge is 0.435 e. The van der Waals surface area contributed by atoms with Crippen molar-refractivity contribution in [2.45, 2.75) is 37.6 Å². The van der Waals surface area contributed by atoms with Crippen LogP contribution in [-0.2, 0) is 25.6 Å². The fourth-order valence-electron chi connectivity index (χ4n) is 2.50. The van der Waals surface area contributed by atoms with Crippen molar-refractivity contribution in [1.82, 2.24) is 14.9 Å². The first kappa shape index (κ1) is 14.9. The summed E-state index contributed by atoms with van der Waals surface area (Å²) in [6.45, 7) is -0.0531. The second-order valence-corrected chi connectivity index (χ2v) is 5.05. The van der Waals surface area contributed by atoms with Crippen LogP contribution < -0.4 is 0 Å². The minimum Gasteiger partial charge on any atom is -0.382 e. The molecule has 2 heterocycles. The molecule has 2 aromatic heterocycles. The summed E-state index contributed by atoms with van der Waals surface area (Å²) in [7, 11) is 0. The summed E-state index contributed by atoms with van der Waals surface area (Å²) in [5.41, 5.74) is -1.98. The van der Waals surface area contributed by atoms with Crippen molar-refractivity contribution in [2.24, 2.45) is 0 Å². The number of aromatic nitrogens is 3. The number of aryl methyl sites for hydroxylation is 2. The molecule has 0 saturated heterocycles. The number of nitrogens with zero attached hydrogens (tertiary/aromatic N) is 3. The minimum absolute atomic E-state index is 0.0531. The maximum absolute atomic E-state index is 13.5. The fraction of sp³-hybridized carbons (Fsp3) is 0.500. The highest BCUT2D eigenvalue weighted by Gasteiger charge is 2.54. The molecule has 0 bridgehead atoms. The Labute approximate surface area is 120 Å². The Hall–Kier alpha value is -1.97. The first-order valence-corrected chi connectivity index (χ1v) is 6.31. The molecule has 1 aliphatic carbocycles. The molecule has 0 amide bonds. The Morgan fingerprint density at radius 1 is 1.41 bits per heavy atom. The molecule has 0 unspecified atom stereocenters. The number of hydrogen-bond donors (Lipinski definition) is 1. The van der Waals surface area contributed by atoms with Crippen LogP contribution in [0.4, 0.5) is 22.0 Å². The van der Waals surface area contributed by atoms with E-state index in [1.54, 1.807) is 0 Å². The second-order valence-electron chi connectivity index (χ2n) is 5.05. The predicted molar refractivity (Wildman–Crippen MR) is 61.0 cm³/mol. The van der Waals surface area contributed by atoms with E-state index in [1.165, 1.54) is 12.5 Å². The van der Waals surface area contributed by atoms with Crippen LogP contribution in [0, 0.1) is 0 Å². The van der Waals surface area contributed by atoms with E-state index < -0.39 is 35.9 Å². The van der Waals surface area contributed by atoms with Gasteiger partial charge in [-0.2, -0.15) is 18.3 Å². The van der Waals surface area contributed by atoms with E-state index in [-0.39, 0.29) is 18.7 Å². The van der Waals surface area contributed by atoms with Gasteiger partial charge in [0.15, 0.2) is 5.69 Å². The van der Waals surface area contributed by atoms with E-state index in [0.29, 0.717) is 5.56 Å². The van der Waals surface area contributed by atoms with Crippen molar-refractivity contribution < 1.29 is 31.6 Å². The highest BCUT2D eigenvalue weighted by atomic mass is 19.4. The third-order valence-corrected chi connectivity index (χ3v) is 3.54. The van der Waals surface area contributed by atoms with Crippen LogP contribution in [-0.4, -0.2) is 26.0 Å². The van der Waals surface area contributed by atoms with Gasteiger partial charge in [0.2, 0.25) is 0 Å². The van der Waals surface area contributed by atoms with Gasteiger partial charge in [-0.15, -0.1) is 0 Å². The summed E-state index contributed by atoms with van der Waals surface area (Å²) >= 11 is 0. The standard InChI is InChI=1S/C12H10F5N3O2/c13-11(14)3-7-8(10(11)21)9(12(15,16)17)19-20(7)2-1-6-4-18-22-5-6/h4-5,10,21H,1-3H2/t10-/m0/s1. The van der Waals surface area contributed by atoms with Gasteiger partial charge >= 0.3 is 6.18 Å². The summed E-state index contributed by atoms with van der Waals surface area (Å²) in [4.78, 5) is 0. The number of hydrogen-bond acceptors (Lipinski definition) is 4. The molecular formula is C12H10F5N3O2. The van der Waals surface area contributed by atoms with Crippen LogP contribution >= 0.6 is 0 Å². The maximum atomic E-state index is 13.5. The van der Waals surface area contributed by atoms with Crippen molar-refractivity contribution in [3.63, 3.8) is 0 Å². The molecular weight excluding hydrogens is 313 g/mol. The molecule has 10 heteroatoms. The van der Waals surface area contributed by atoms with E-state index in [1.807, 2.05) is 0 Å². The number of halogens is 5. The predicted octanol–water partition coefficient (Wildman–Crippen LogP) is 2.36. The lowest BCUT2D eigenvalue weighted by atomic mass is 10.1. The average molecular weight is 323 g/mol. The number of aliphatic hydroxyl groups excluding tert-OH is 1. The average Bonchev–Trinajstić information content (AvgIpc) is 3.06. The third-order valence-electron chi connectivity index (χ3n) is 3.54. The zero-order valence-corrected chi connectivity index (χ0v) is 10.9. The lowest BCUT2D eigenvalue weighted by Crippen LogP contribution is -2.25. The quantitative estimate of drug-likeness (QED) is 0.881. The summed E-state index contributed by atoms with van der Waals surface area (Å²) in [5.74, 6) is -3.63. The lowest BCUT2D eigenvalue weighted by molar-refractivity contribution is -0.146. The second kappa shape index (κ2) is 4.77. The van der Waals surface area contributed by atoms with E-state index in [2.05, 4.69) is 14.8 Å². The molecule has 0 fully saturated rings. The van der Waals surface area contributed by atoms with E-state index in [9.17, 15) is 27.1 Å². The zero-order valence-electron chi connectivity index (χ0n) is 10.9. The highest BCUT2D eigenvalue weighted by molar-refractivity contribution is 5.38. The summed E-state index contributed by atoms with van der Waals surface area (Å²) in [6, 6.07) is 0. The normalized spacial score (nSPS) is 20.4. The van der Waals surface area contributed by atoms with Crippen molar-refractivity contribution in [2.75, 3.05) is 0 Å². The smallest absolute Gasteiger partial charge is 0.382 e. The summed E-state index contributed by atoms with van der Waals surface area (Å²) in [5, 5.41) is 16.3. The topological polar surface area (TPSA) is 64.1 Å². The van der Waals surface area contributed by atoms with Crippen molar-refractivity contribution in [3.05, 3.63) is 35.0 Å². The van der Waals surface area contributed by atoms with Gasteiger partial charge in [0.05, 0.1) is 18.3 Å². The molecule has 2 aromatic rings. The van der Waals surface area contributed by atoms with Crippen molar-refractivity contribution in [3.8, 4) is 0 Å². The van der Waals surface area contributed by atoms with Crippen LogP contribution in [0.3, 0.4) is 0 Å². The Kier molecular flexibility index (Phi) is 3.24. The van der Waals surface area contributed by atoms with Crippen LogP contribution in [0.15, 0.2) is 17.0 Å². The Bertz CT molecular complexity index is 678. The number of rotatable bonds is 3. The third kappa shape index (κ3) is 2.36. The number of aliphatic hydroxyl groups is 1. The molecule has 0 radical (unpaired) electrons. The molecule has 0 aliphatic heterocycles. The highest BCUT2D eigenvalue weighted by Crippen LogP contribution is 2.48. The Morgan fingerprint density at radius 2 is 2.14 bits per heavy atom. The molecule has 1 aliphatic rings. The van der Waals surface area contributed by atoms with Crippen LogP contribution in [0.5, 0.6) is 0 Å². The van der Waals surface area contributed by atoms with Crippen molar-refractivity contribution >= 4 is 0 Å². The molecule has 22 heavy (non-hydrogen) atoms. The molecule has 0 aromatic carbocycles. The maximum Gasteiger partial charge on any atom is 0.435 e. The monoisotopic (exact) mass is 323 g/mol. The van der Waals surface area contributed by atoms with Gasteiger partial charge in [-0.3, -0.25) is 4.68 Å². The molecule has 120 valence electrons. The molecule has 1 N–H and O–H groups in total. The van der Waals surface area contributed by atoms with Crippen molar-refractivity contribution in [1.29, 1.82) is 0 Å². The van der Waals surface area contributed by atoms with E-state index in [4.69, 9.17) is 0 Å². The Morgan fingerprint density at radius 3 is 2.73 bits per heavy atom. The zero-order chi connectivity index (χ0) is 16.1. The first-order chi connectivity index (χ1) is 10.2. The van der Waals surface area contributed by atoms with Crippen LogP contribution in [0.25, 0.3) is 0 Å². The van der Waals surface area contributed by atoms with Gasteiger partial charge in [-0.1, -0.05) is 5.16 Å². The van der Waals surface area contributed by atoms with Gasteiger partial charge in [0, 0.05) is 17.7 Å². The van der Waals surface area contributed by atoms with E-state index >= 15 is 0 Å². The van der Waals surface area contributed by atoms with Gasteiger partial charge in [0.25, 0.3) is 5.92 Å². The molecule has 3 rings (SSSR count). The Balaban J connectivity index is 1.97. The molecule has 5 nitrogen and oxygen atoms in total. The fourth-order valence-corrected chi connectivity index (χ4v) is 2.50. The van der Waals surface area contributed by atoms with Gasteiger partial charge in [0.1, 0.15) is 12.4 Å². The SMILES string of the molecule is O[C@H]1c2c(C(F)(F)F)nn(CCc3cnoc3)c2CC1(F)F. The summed E-state index contributed by atoms with van der Waals surface area (Å²) < 4.78 is 71.4.